The van der Waals surface area contributed by atoms with Crippen molar-refractivity contribution in [2.45, 2.75) is 31.1 Å². The summed E-state index contributed by atoms with van der Waals surface area (Å²) in [5.74, 6) is 0.696. The average Bonchev–Trinajstić information content (AvgIpc) is 3.02. The SMILES string of the molecule is CCNCCc1cc(OC)ccc1S(=O)(=O)N1CCCC1. The third-order valence-corrected chi connectivity index (χ3v) is 5.77. The number of nitrogens with zero attached hydrogens (tertiary/aromatic N) is 1. The fourth-order valence-corrected chi connectivity index (χ4v) is 4.35. The molecule has 0 amide bonds. The molecule has 0 unspecified atom stereocenters. The summed E-state index contributed by atoms with van der Waals surface area (Å²) in [5, 5.41) is 3.23. The van der Waals surface area contributed by atoms with Gasteiger partial charge >= 0.3 is 0 Å². The van der Waals surface area contributed by atoms with Crippen LogP contribution >= 0.6 is 0 Å². The van der Waals surface area contributed by atoms with Crippen molar-refractivity contribution in [2.75, 3.05) is 33.3 Å². The number of rotatable bonds is 7. The third kappa shape index (κ3) is 3.75. The number of likely N-dealkylation sites (N-methyl/N-ethyl adjacent to an activating group) is 1. The lowest BCUT2D eigenvalue weighted by Gasteiger charge is -2.19. The second-order valence-electron chi connectivity index (χ2n) is 5.19. The maximum atomic E-state index is 12.8. The van der Waals surface area contributed by atoms with Crippen molar-refractivity contribution < 1.29 is 13.2 Å². The van der Waals surface area contributed by atoms with Gasteiger partial charge in [-0.15, -0.1) is 0 Å². The van der Waals surface area contributed by atoms with E-state index < -0.39 is 10.0 Å². The van der Waals surface area contributed by atoms with Crippen LogP contribution in [-0.4, -0.2) is 46.0 Å². The molecular formula is C15H24N2O3S. The van der Waals surface area contributed by atoms with Crippen LogP contribution < -0.4 is 10.1 Å². The molecule has 5 nitrogen and oxygen atoms in total. The highest BCUT2D eigenvalue weighted by Crippen LogP contribution is 2.27. The minimum Gasteiger partial charge on any atom is -0.497 e. The summed E-state index contributed by atoms with van der Waals surface area (Å²) in [6.45, 7) is 4.92. The Kier molecular flexibility index (Phi) is 5.61. The van der Waals surface area contributed by atoms with Crippen LogP contribution in [0.4, 0.5) is 0 Å². The molecule has 0 atom stereocenters. The van der Waals surface area contributed by atoms with Crippen molar-refractivity contribution in [1.29, 1.82) is 0 Å². The van der Waals surface area contributed by atoms with Crippen molar-refractivity contribution in [3.05, 3.63) is 23.8 Å². The molecule has 1 heterocycles. The lowest BCUT2D eigenvalue weighted by Crippen LogP contribution is -2.29. The molecule has 0 spiro atoms. The molecule has 1 aliphatic heterocycles. The average molecular weight is 312 g/mol. The zero-order chi connectivity index (χ0) is 15.3. The van der Waals surface area contributed by atoms with E-state index in [4.69, 9.17) is 4.74 Å². The van der Waals surface area contributed by atoms with Crippen molar-refractivity contribution >= 4 is 10.0 Å². The molecule has 0 aliphatic carbocycles. The number of methoxy groups -OCH3 is 1. The Morgan fingerprint density at radius 2 is 2.00 bits per heavy atom. The van der Waals surface area contributed by atoms with Gasteiger partial charge < -0.3 is 10.1 Å². The molecule has 21 heavy (non-hydrogen) atoms. The highest BCUT2D eigenvalue weighted by Gasteiger charge is 2.29. The van der Waals surface area contributed by atoms with Gasteiger partial charge in [0.25, 0.3) is 0 Å². The molecular weight excluding hydrogens is 288 g/mol. The van der Waals surface area contributed by atoms with Gasteiger partial charge in [-0.25, -0.2) is 8.42 Å². The summed E-state index contributed by atoms with van der Waals surface area (Å²) in [5.41, 5.74) is 0.821. The molecule has 0 radical (unpaired) electrons. The molecule has 1 N–H and O–H groups in total. The molecule has 118 valence electrons. The van der Waals surface area contributed by atoms with Crippen LogP contribution in [0.25, 0.3) is 0 Å². The summed E-state index contributed by atoms with van der Waals surface area (Å²) in [6, 6.07) is 5.23. The third-order valence-electron chi connectivity index (χ3n) is 3.77. The van der Waals surface area contributed by atoms with E-state index in [0.717, 1.165) is 31.5 Å². The van der Waals surface area contributed by atoms with E-state index in [1.807, 2.05) is 13.0 Å². The number of hydrogen-bond acceptors (Lipinski definition) is 4. The molecule has 1 aromatic rings. The molecule has 2 rings (SSSR count). The Hall–Kier alpha value is -1.11. The Morgan fingerprint density at radius 1 is 1.29 bits per heavy atom. The first-order valence-corrected chi connectivity index (χ1v) is 8.91. The van der Waals surface area contributed by atoms with Gasteiger partial charge in [0.05, 0.1) is 12.0 Å². The van der Waals surface area contributed by atoms with Crippen LogP contribution in [0.5, 0.6) is 5.75 Å². The number of ether oxygens (including phenoxy) is 1. The number of sulfonamides is 1. The lowest BCUT2D eigenvalue weighted by molar-refractivity contribution is 0.413. The zero-order valence-electron chi connectivity index (χ0n) is 12.8. The maximum absolute atomic E-state index is 12.8. The van der Waals surface area contributed by atoms with Gasteiger partial charge in [0.15, 0.2) is 0 Å². The van der Waals surface area contributed by atoms with Gasteiger partial charge in [0, 0.05) is 13.1 Å². The number of benzene rings is 1. The first-order chi connectivity index (χ1) is 10.1. The summed E-state index contributed by atoms with van der Waals surface area (Å²) in [7, 11) is -1.79. The fourth-order valence-electron chi connectivity index (χ4n) is 2.60. The van der Waals surface area contributed by atoms with Crippen molar-refractivity contribution in [1.82, 2.24) is 9.62 Å². The van der Waals surface area contributed by atoms with Crippen LogP contribution in [0.1, 0.15) is 25.3 Å². The standard InChI is InChI=1S/C15H24N2O3S/c1-3-16-9-8-13-12-14(20-2)6-7-15(13)21(18,19)17-10-4-5-11-17/h6-7,12,16H,3-5,8-11H2,1-2H3. The maximum Gasteiger partial charge on any atom is 0.243 e. The molecule has 1 aromatic carbocycles. The first-order valence-electron chi connectivity index (χ1n) is 7.47. The Labute approximate surface area is 127 Å². The quantitative estimate of drug-likeness (QED) is 0.778. The normalized spacial score (nSPS) is 16.3. The van der Waals surface area contributed by atoms with Gasteiger partial charge in [-0.1, -0.05) is 6.92 Å². The van der Waals surface area contributed by atoms with Crippen LogP contribution in [-0.2, 0) is 16.4 Å². The summed E-state index contributed by atoms with van der Waals surface area (Å²) in [6.07, 6.45) is 2.57. The van der Waals surface area contributed by atoms with Crippen molar-refractivity contribution in [2.24, 2.45) is 0 Å². The molecule has 1 saturated heterocycles. The molecule has 1 aliphatic rings. The van der Waals surface area contributed by atoms with Crippen LogP contribution in [0.15, 0.2) is 23.1 Å². The monoisotopic (exact) mass is 312 g/mol. The van der Waals surface area contributed by atoms with Gasteiger partial charge in [-0.2, -0.15) is 4.31 Å². The van der Waals surface area contributed by atoms with Gasteiger partial charge in [0.1, 0.15) is 5.75 Å². The van der Waals surface area contributed by atoms with E-state index in [9.17, 15) is 8.42 Å². The van der Waals surface area contributed by atoms with Gasteiger partial charge in [-0.05, 0) is 56.1 Å². The van der Waals surface area contributed by atoms with Crippen molar-refractivity contribution in [3.63, 3.8) is 0 Å². The minimum absolute atomic E-state index is 0.420. The highest BCUT2D eigenvalue weighted by atomic mass is 32.2. The summed E-state index contributed by atoms with van der Waals surface area (Å²) in [4.78, 5) is 0.420. The summed E-state index contributed by atoms with van der Waals surface area (Å²) < 4.78 is 32.3. The Morgan fingerprint density at radius 3 is 2.62 bits per heavy atom. The van der Waals surface area contributed by atoms with Gasteiger partial charge in [0.2, 0.25) is 10.0 Å². The topological polar surface area (TPSA) is 58.6 Å². The van der Waals surface area contributed by atoms with Crippen molar-refractivity contribution in [3.8, 4) is 5.75 Å². The predicted molar refractivity (Wildman–Crippen MR) is 83.2 cm³/mol. The van der Waals surface area contributed by atoms with E-state index in [0.29, 0.717) is 30.2 Å². The van der Waals surface area contributed by atoms with E-state index in [1.165, 1.54) is 0 Å². The van der Waals surface area contributed by atoms with E-state index in [-0.39, 0.29) is 0 Å². The Balaban J connectivity index is 2.32. The van der Waals surface area contributed by atoms with E-state index in [1.54, 1.807) is 23.5 Å². The summed E-state index contributed by atoms with van der Waals surface area (Å²) >= 11 is 0. The minimum atomic E-state index is -3.38. The Bertz CT molecular complexity index is 566. The zero-order valence-corrected chi connectivity index (χ0v) is 13.6. The number of nitrogens with one attached hydrogen (secondary N) is 1. The molecule has 0 aromatic heterocycles. The fraction of sp³-hybridized carbons (Fsp3) is 0.600. The lowest BCUT2D eigenvalue weighted by atomic mass is 10.1. The largest absolute Gasteiger partial charge is 0.497 e. The number of hydrogen-bond donors (Lipinski definition) is 1. The molecule has 0 saturated carbocycles. The van der Waals surface area contributed by atoms with E-state index in [2.05, 4.69) is 5.32 Å². The highest BCUT2D eigenvalue weighted by molar-refractivity contribution is 7.89. The predicted octanol–water partition coefficient (Wildman–Crippen LogP) is 1.63. The molecule has 0 bridgehead atoms. The molecule has 1 fully saturated rings. The second-order valence-corrected chi connectivity index (χ2v) is 7.09. The van der Waals surface area contributed by atoms with Gasteiger partial charge in [-0.3, -0.25) is 0 Å². The van der Waals surface area contributed by atoms with Crippen LogP contribution in [0.2, 0.25) is 0 Å². The molecule has 6 heteroatoms. The first kappa shape index (κ1) is 16.3. The second kappa shape index (κ2) is 7.24. The smallest absolute Gasteiger partial charge is 0.243 e. The van der Waals surface area contributed by atoms with E-state index >= 15 is 0 Å². The van der Waals surface area contributed by atoms with Crippen LogP contribution in [0, 0.1) is 0 Å². The van der Waals surface area contributed by atoms with Crippen LogP contribution in [0.3, 0.4) is 0 Å².